The smallest absolute Gasteiger partial charge is 0.416 e. The lowest BCUT2D eigenvalue weighted by Crippen LogP contribution is -2.29. The highest BCUT2D eigenvalue weighted by atomic mass is 19.4. The first-order chi connectivity index (χ1) is 16.7. The number of anilines is 1. The summed E-state index contributed by atoms with van der Waals surface area (Å²) in [5, 5.41) is 11.1. The van der Waals surface area contributed by atoms with E-state index in [4.69, 9.17) is 9.47 Å². The van der Waals surface area contributed by atoms with Gasteiger partial charge < -0.3 is 14.6 Å². The standard InChI is InChI=1S/C26H20F3NO5/c1-34-19-12-11-16(13-20(19)35-2)22-21(23(31)15-7-4-3-5-8-15)24(32)25(33)30(22)18-10-6-9-17(14-18)26(27,28)29/h3-14,22,31H,1-2H3/t22-/m1/s1. The first-order valence-electron chi connectivity index (χ1n) is 10.4. The molecule has 180 valence electrons. The highest BCUT2D eigenvalue weighted by Crippen LogP contribution is 2.45. The van der Waals surface area contributed by atoms with Crippen LogP contribution in [0.1, 0.15) is 22.7 Å². The molecule has 0 unspecified atom stereocenters. The molecular formula is C26H20F3NO5. The molecule has 35 heavy (non-hydrogen) atoms. The van der Waals surface area contributed by atoms with Gasteiger partial charge in [-0.2, -0.15) is 13.2 Å². The van der Waals surface area contributed by atoms with Crippen molar-refractivity contribution in [3.63, 3.8) is 0 Å². The van der Waals surface area contributed by atoms with Gasteiger partial charge in [-0.05, 0) is 35.9 Å². The third-order valence-electron chi connectivity index (χ3n) is 5.67. The molecule has 0 bridgehead atoms. The van der Waals surface area contributed by atoms with Gasteiger partial charge in [0.15, 0.2) is 11.5 Å². The van der Waals surface area contributed by atoms with E-state index in [2.05, 4.69) is 0 Å². The number of alkyl halides is 3. The van der Waals surface area contributed by atoms with Crippen LogP contribution in [0, 0.1) is 0 Å². The summed E-state index contributed by atoms with van der Waals surface area (Å²) in [5.41, 5.74) is -0.776. The van der Waals surface area contributed by atoms with E-state index in [0.717, 1.165) is 23.1 Å². The first kappa shape index (κ1) is 23.9. The molecule has 0 spiro atoms. The maximum atomic E-state index is 13.4. The number of aliphatic hydroxyl groups is 1. The number of carbonyl (C=O) groups excluding carboxylic acids is 2. The summed E-state index contributed by atoms with van der Waals surface area (Å²) in [6.45, 7) is 0. The van der Waals surface area contributed by atoms with Gasteiger partial charge in [-0.25, -0.2) is 0 Å². The van der Waals surface area contributed by atoms with Crippen molar-refractivity contribution in [1.82, 2.24) is 0 Å². The number of ether oxygens (including phenoxy) is 2. The largest absolute Gasteiger partial charge is 0.507 e. The van der Waals surface area contributed by atoms with E-state index in [1.54, 1.807) is 42.5 Å². The lowest BCUT2D eigenvalue weighted by Gasteiger charge is -2.26. The van der Waals surface area contributed by atoms with Crippen molar-refractivity contribution >= 4 is 23.1 Å². The van der Waals surface area contributed by atoms with Crippen molar-refractivity contribution in [2.45, 2.75) is 12.2 Å². The topological polar surface area (TPSA) is 76.1 Å². The minimum absolute atomic E-state index is 0.145. The van der Waals surface area contributed by atoms with Gasteiger partial charge >= 0.3 is 6.18 Å². The number of hydrogen-bond donors (Lipinski definition) is 1. The van der Waals surface area contributed by atoms with Crippen LogP contribution in [0.25, 0.3) is 5.76 Å². The second-order valence-corrected chi connectivity index (χ2v) is 7.70. The fourth-order valence-corrected chi connectivity index (χ4v) is 4.02. The summed E-state index contributed by atoms with van der Waals surface area (Å²) < 4.78 is 50.8. The second kappa shape index (κ2) is 9.17. The van der Waals surface area contributed by atoms with E-state index in [9.17, 15) is 27.9 Å². The number of carbonyl (C=O) groups is 2. The molecular weight excluding hydrogens is 463 g/mol. The molecule has 1 saturated heterocycles. The van der Waals surface area contributed by atoms with Gasteiger partial charge in [0.05, 0.1) is 31.4 Å². The fraction of sp³-hybridized carbons (Fsp3) is 0.154. The zero-order valence-corrected chi connectivity index (χ0v) is 18.7. The average molecular weight is 483 g/mol. The Bertz CT molecular complexity index is 1320. The summed E-state index contributed by atoms with van der Waals surface area (Å²) in [7, 11) is 2.83. The van der Waals surface area contributed by atoms with E-state index in [1.807, 2.05) is 0 Å². The highest BCUT2D eigenvalue weighted by molar-refractivity contribution is 6.51. The Morgan fingerprint density at radius 1 is 0.886 bits per heavy atom. The van der Waals surface area contributed by atoms with Gasteiger partial charge in [0.25, 0.3) is 11.7 Å². The van der Waals surface area contributed by atoms with Crippen LogP contribution >= 0.6 is 0 Å². The Labute approximate surface area is 198 Å². The number of aliphatic hydroxyl groups excluding tert-OH is 1. The van der Waals surface area contributed by atoms with Crippen molar-refractivity contribution in [1.29, 1.82) is 0 Å². The maximum Gasteiger partial charge on any atom is 0.416 e. The maximum absolute atomic E-state index is 13.4. The van der Waals surface area contributed by atoms with Crippen LogP contribution < -0.4 is 14.4 Å². The zero-order valence-electron chi connectivity index (χ0n) is 18.7. The monoisotopic (exact) mass is 483 g/mol. The lowest BCUT2D eigenvalue weighted by molar-refractivity contribution is -0.137. The number of halogens is 3. The van der Waals surface area contributed by atoms with E-state index in [1.165, 1.54) is 26.4 Å². The molecule has 1 aliphatic heterocycles. The third-order valence-corrected chi connectivity index (χ3v) is 5.67. The fourth-order valence-electron chi connectivity index (χ4n) is 4.02. The van der Waals surface area contributed by atoms with Crippen LogP contribution in [0.5, 0.6) is 11.5 Å². The molecule has 3 aromatic carbocycles. The SMILES string of the molecule is COc1ccc([C@@H]2C(=C(O)c3ccccc3)C(=O)C(=O)N2c2cccc(C(F)(F)F)c2)cc1OC. The number of rotatable bonds is 5. The molecule has 3 aromatic rings. The van der Waals surface area contributed by atoms with Gasteiger partial charge in [0.2, 0.25) is 0 Å². The summed E-state index contributed by atoms with van der Waals surface area (Å²) in [6.07, 6.45) is -4.66. The normalized spacial score (nSPS) is 17.5. The summed E-state index contributed by atoms with van der Waals surface area (Å²) in [4.78, 5) is 27.3. The Kier molecular flexibility index (Phi) is 6.26. The minimum Gasteiger partial charge on any atom is -0.507 e. The number of ketones is 1. The van der Waals surface area contributed by atoms with Crippen molar-refractivity contribution in [3.05, 3.63) is 95.1 Å². The van der Waals surface area contributed by atoms with Gasteiger partial charge in [0.1, 0.15) is 5.76 Å². The van der Waals surface area contributed by atoms with Crippen molar-refractivity contribution in [3.8, 4) is 11.5 Å². The highest BCUT2D eigenvalue weighted by Gasteiger charge is 2.47. The third kappa shape index (κ3) is 4.32. The van der Waals surface area contributed by atoms with Gasteiger partial charge in [-0.15, -0.1) is 0 Å². The molecule has 1 heterocycles. The van der Waals surface area contributed by atoms with Crippen LogP contribution in [0.3, 0.4) is 0 Å². The molecule has 9 heteroatoms. The van der Waals surface area contributed by atoms with E-state index in [-0.39, 0.29) is 22.6 Å². The predicted octanol–water partition coefficient (Wildman–Crippen LogP) is 5.35. The lowest BCUT2D eigenvalue weighted by atomic mass is 9.94. The van der Waals surface area contributed by atoms with Crippen molar-refractivity contribution in [2.75, 3.05) is 19.1 Å². The molecule has 0 saturated carbocycles. The number of methoxy groups -OCH3 is 2. The summed E-state index contributed by atoms with van der Waals surface area (Å²) in [6, 6.07) is 15.6. The van der Waals surface area contributed by atoms with E-state index in [0.29, 0.717) is 11.3 Å². The molecule has 1 amide bonds. The predicted molar refractivity (Wildman–Crippen MR) is 122 cm³/mol. The Balaban J connectivity index is 1.97. The Hall–Kier alpha value is -4.27. The Morgan fingerprint density at radius 2 is 1.57 bits per heavy atom. The molecule has 1 fully saturated rings. The van der Waals surface area contributed by atoms with E-state index < -0.39 is 35.2 Å². The van der Waals surface area contributed by atoms with Crippen LogP contribution in [0.15, 0.2) is 78.4 Å². The second-order valence-electron chi connectivity index (χ2n) is 7.70. The number of benzene rings is 3. The van der Waals surface area contributed by atoms with Crippen LogP contribution in [-0.2, 0) is 15.8 Å². The first-order valence-corrected chi connectivity index (χ1v) is 10.4. The Morgan fingerprint density at radius 3 is 2.20 bits per heavy atom. The summed E-state index contributed by atoms with van der Waals surface area (Å²) >= 11 is 0. The van der Waals surface area contributed by atoms with Crippen molar-refractivity contribution < 1.29 is 37.3 Å². The summed E-state index contributed by atoms with van der Waals surface area (Å²) in [5.74, 6) is -1.89. The zero-order chi connectivity index (χ0) is 25.3. The number of Topliss-reactive ketones (excluding diaryl/α,β-unsaturated/α-hetero) is 1. The molecule has 0 radical (unpaired) electrons. The molecule has 1 atom stereocenters. The molecule has 0 aromatic heterocycles. The quantitative estimate of drug-likeness (QED) is 0.301. The number of amides is 1. The molecule has 1 aliphatic rings. The molecule has 6 nitrogen and oxygen atoms in total. The molecule has 1 N–H and O–H groups in total. The average Bonchev–Trinajstić information content (AvgIpc) is 3.13. The number of hydrogen-bond acceptors (Lipinski definition) is 5. The van der Waals surface area contributed by atoms with Gasteiger partial charge in [-0.1, -0.05) is 42.5 Å². The number of nitrogens with zero attached hydrogens (tertiary/aromatic N) is 1. The van der Waals surface area contributed by atoms with Crippen LogP contribution in [0.4, 0.5) is 18.9 Å². The van der Waals surface area contributed by atoms with Crippen molar-refractivity contribution in [2.24, 2.45) is 0 Å². The van der Waals surface area contributed by atoms with Crippen LogP contribution in [-0.4, -0.2) is 31.0 Å². The van der Waals surface area contributed by atoms with E-state index >= 15 is 0 Å². The van der Waals surface area contributed by atoms with Gasteiger partial charge in [-0.3, -0.25) is 14.5 Å². The molecule has 0 aliphatic carbocycles. The minimum atomic E-state index is -4.66. The van der Waals surface area contributed by atoms with Gasteiger partial charge in [0, 0.05) is 11.3 Å². The molecule has 4 rings (SSSR count). The van der Waals surface area contributed by atoms with Crippen LogP contribution in [0.2, 0.25) is 0 Å².